The lowest BCUT2D eigenvalue weighted by Crippen LogP contribution is -2.20. The second kappa shape index (κ2) is 10.4. The normalized spacial score (nSPS) is 10.4. The molecule has 162 valence electrons. The van der Waals surface area contributed by atoms with E-state index in [1.54, 1.807) is 48.3 Å². The van der Waals surface area contributed by atoms with Crippen molar-refractivity contribution in [2.45, 2.75) is 17.8 Å². The number of nitrogens with zero attached hydrogens (tertiary/aromatic N) is 5. The standard InChI is InChI=1S/C19H21N7O4S/c1-12(27)21-13-4-6-14(7-5-13)22-18(28)10-30-16-8-15(20-9-17(16)29-3)11-31-19-23-24-25-26(19)2/h4-9H,10-11H2,1-3H3,(H,21,27)(H,22,28). The molecule has 0 aliphatic carbocycles. The minimum Gasteiger partial charge on any atom is -0.491 e. The molecule has 2 heterocycles. The topological polar surface area (TPSA) is 133 Å². The van der Waals surface area contributed by atoms with E-state index in [-0.39, 0.29) is 18.4 Å². The molecule has 0 fully saturated rings. The van der Waals surface area contributed by atoms with Gasteiger partial charge in [0, 0.05) is 37.2 Å². The monoisotopic (exact) mass is 443 g/mol. The van der Waals surface area contributed by atoms with Gasteiger partial charge < -0.3 is 20.1 Å². The number of pyridine rings is 1. The van der Waals surface area contributed by atoms with E-state index in [2.05, 4.69) is 31.1 Å². The predicted molar refractivity (Wildman–Crippen MR) is 114 cm³/mol. The van der Waals surface area contributed by atoms with Crippen LogP contribution in [-0.2, 0) is 22.4 Å². The van der Waals surface area contributed by atoms with Gasteiger partial charge in [0.15, 0.2) is 18.1 Å². The Bertz CT molecular complexity index is 1060. The van der Waals surface area contributed by atoms with Gasteiger partial charge in [0.05, 0.1) is 19.0 Å². The van der Waals surface area contributed by atoms with Crippen LogP contribution in [0.3, 0.4) is 0 Å². The minimum absolute atomic E-state index is 0.164. The van der Waals surface area contributed by atoms with E-state index >= 15 is 0 Å². The molecule has 2 amide bonds. The molecule has 3 rings (SSSR count). The average molecular weight is 443 g/mol. The van der Waals surface area contributed by atoms with E-state index in [0.29, 0.717) is 33.8 Å². The number of anilines is 2. The van der Waals surface area contributed by atoms with Gasteiger partial charge in [-0.1, -0.05) is 11.8 Å². The highest BCUT2D eigenvalue weighted by Gasteiger charge is 2.12. The van der Waals surface area contributed by atoms with Gasteiger partial charge >= 0.3 is 0 Å². The number of aryl methyl sites for hydroxylation is 1. The van der Waals surface area contributed by atoms with Gasteiger partial charge in [0.25, 0.3) is 5.91 Å². The van der Waals surface area contributed by atoms with Crippen molar-refractivity contribution >= 4 is 35.0 Å². The molecule has 0 unspecified atom stereocenters. The van der Waals surface area contributed by atoms with Crippen molar-refractivity contribution < 1.29 is 19.1 Å². The molecule has 0 aliphatic rings. The average Bonchev–Trinajstić information content (AvgIpc) is 3.16. The first kappa shape index (κ1) is 22.0. The van der Waals surface area contributed by atoms with Crippen LogP contribution in [0.2, 0.25) is 0 Å². The van der Waals surface area contributed by atoms with Crippen molar-refractivity contribution in [2.75, 3.05) is 24.4 Å². The predicted octanol–water partition coefficient (Wildman–Crippen LogP) is 1.88. The first-order valence-corrected chi connectivity index (χ1v) is 10.1. The summed E-state index contributed by atoms with van der Waals surface area (Å²) in [6.45, 7) is 1.21. The van der Waals surface area contributed by atoms with Crippen LogP contribution in [-0.4, -0.2) is 50.7 Å². The molecule has 31 heavy (non-hydrogen) atoms. The van der Waals surface area contributed by atoms with Crippen molar-refractivity contribution in [3.05, 3.63) is 42.2 Å². The fourth-order valence-electron chi connectivity index (χ4n) is 2.47. The number of rotatable bonds is 9. The van der Waals surface area contributed by atoms with Crippen molar-refractivity contribution in [1.82, 2.24) is 25.2 Å². The van der Waals surface area contributed by atoms with Crippen LogP contribution in [0.4, 0.5) is 11.4 Å². The molecule has 1 aromatic carbocycles. The third-order valence-electron chi connectivity index (χ3n) is 3.89. The maximum Gasteiger partial charge on any atom is 0.262 e. The summed E-state index contributed by atoms with van der Waals surface area (Å²) in [4.78, 5) is 27.7. The van der Waals surface area contributed by atoms with Crippen molar-refractivity contribution in [1.29, 1.82) is 0 Å². The van der Waals surface area contributed by atoms with Gasteiger partial charge in [0.2, 0.25) is 11.1 Å². The largest absolute Gasteiger partial charge is 0.491 e. The first-order chi connectivity index (χ1) is 14.9. The number of hydrogen-bond acceptors (Lipinski definition) is 9. The number of methoxy groups -OCH3 is 1. The molecule has 0 aliphatic heterocycles. The quantitative estimate of drug-likeness (QED) is 0.476. The number of tetrazole rings is 1. The number of hydrogen-bond donors (Lipinski definition) is 2. The molecule has 0 radical (unpaired) electrons. The Labute approximate surface area is 182 Å². The Balaban J connectivity index is 1.57. The maximum atomic E-state index is 12.3. The van der Waals surface area contributed by atoms with Crippen molar-refractivity contribution in [2.24, 2.45) is 7.05 Å². The van der Waals surface area contributed by atoms with E-state index < -0.39 is 0 Å². The summed E-state index contributed by atoms with van der Waals surface area (Å²) in [5, 5.41) is 17.3. The molecular weight excluding hydrogens is 422 g/mol. The summed E-state index contributed by atoms with van der Waals surface area (Å²) in [6.07, 6.45) is 1.54. The van der Waals surface area contributed by atoms with Crippen LogP contribution in [0.25, 0.3) is 0 Å². The second-order valence-electron chi connectivity index (χ2n) is 6.30. The number of ether oxygens (including phenoxy) is 2. The summed E-state index contributed by atoms with van der Waals surface area (Å²) in [6, 6.07) is 8.48. The van der Waals surface area contributed by atoms with E-state index in [1.807, 2.05) is 0 Å². The third-order valence-corrected chi connectivity index (χ3v) is 4.93. The highest BCUT2D eigenvalue weighted by molar-refractivity contribution is 7.98. The van der Waals surface area contributed by atoms with Crippen LogP contribution in [0.1, 0.15) is 12.6 Å². The lowest BCUT2D eigenvalue weighted by Gasteiger charge is -2.12. The summed E-state index contributed by atoms with van der Waals surface area (Å²) < 4.78 is 12.5. The highest BCUT2D eigenvalue weighted by atomic mass is 32.2. The third kappa shape index (κ3) is 6.40. The molecule has 0 atom stereocenters. The van der Waals surface area contributed by atoms with Crippen LogP contribution < -0.4 is 20.1 Å². The number of nitrogens with one attached hydrogen (secondary N) is 2. The lowest BCUT2D eigenvalue weighted by molar-refractivity contribution is -0.118. The van der Waals surface area contributed by atoms with Crippen molar-refractivity contribution in [3.8, 4) is 11.5 Å². The lowest BCUT2D eigenvalue weighted by atomic mass is 10.2. The molecule has 3 aromatic rings. The SMILES string of the molecule is COc1cnc(CSc2nnnn2C)cc1OCC(=O)Nc1ccc(NC(C)=O)cc1. The molecule has 12 heteroatoms. The van der Waals surface area contributed by atoms with Crippen LogP contribution in [0, 0.1) is 0 Å². The Kier molecular flexibility index (Phi) is 7.38. The molecule has 0 saturated heterocycles. The summed E-state index contributed by atoms with van der Waals surface area (Å²) in [5.41, 5.74) is 1.95. The molecule has 0 bridgehead atoms. The summed E-state index contributed by atoms with van der Waals surface area (Å²) in [7, 11) is 3.25. The van der Waals surface area contributed by atoms with Gasteiger partial charge in [-0.05, 0) is 34.7 Å². The molecule has 0 saturated carbocycles. The van der Waals surface area contributed by atoms with Gasteiger partial charge in [0.1, 0.15) is 0 Å². The van der Waals surface area contributed by atoms with Gasteiger partial charge in [-0.15, -0.1) is 5.10 Å². The van der Waals surface area contributed by atoms with Gasteiger partial charge in [-0.3, -0.25) is 14.6 Å². The minimum atomic E-state index is -0.341. The fraction of sp³-hybridized carbons (Fsp3) is 0.263. The van der Waals surface area contributed by atoms with Gasteiger partial charge in [-0.25, -0.2) is 4.68 Å². The maximum absolute atomic E-state index is 12.3. The molecule has 11 nitrogen and oxygen atoms in total. The zero-order chi connectivity index (χ0) is 22.2. The number of carbonyl (C=O) groups excluding carboxylic acids is 2. The van der Waals surface area contributed by atoms with E-state index in [4.69, 9.17) is 9.47 Å². The second-order valence-corrected chi connectivity index (χ2v) is 7.24. The number of amides is 2. The van der Waals surface area contributed by atoms with E-state index in [0.717, 1.165) is 5.69 Å². The Morgan fingerprint density at radius 1 is 1.13 bits per heavy atom. The summed E-state index contributed by atoms with van der Waals surface area (Å²) >= 11 is 1.42. The molecule has 2 aromatic heterocycles. The number of thioether (sulfide) groups is 1. The number of benzene rings is 1. The number of carbonyl (C=O) groups is 2. The molecule has 0 spiro atoms. The van der Waals surface area contributed by atoms with Crippen LogP contribution in [0.5, 0.6) is 11.5 Å². The zero-order valence-corrected chi connectivity index (χ0v) is 18.0. The van der Waals surface area contributed by atoms with Gasteiger partial charge in [-0.2, -0.15) is 0 Å². The van der Waals surface area contributed by atoms with Crippen LogP contribution in [0.15, 0.2) is 41.7 Å². The zero-order valence-electron chi connectivity index (χ0n) is 17.2. The summed E-state index contributed by atoms with van der Waals surface area (Å²) in [5.74, 6) is 0.832. The molecular formula is C19H21N7O4S. The van der Waals surface area contributed by atoms with Crippen molar-refractivity contribution in [3.63, 3.8) is 0 Å². The highest BCUT2D eigenvalue weighted by Crippen LogP contribution is 2.29. The van der Waals surface area contributed by atoms with Crippen LogP contribution >= 0.6 is 11.8 Å². The molecule has 2 N–H and O–H groups in total. The number of aromatic nitrogens is 5. The Morgan fingerprint density at radius 3 is 2.45 bits per heavy atom. The Morgan fingerprint density at radius 2 is 1.84 bits per heavy atom. The Hall–Kier alpha value is -3.67. The fourth-order valence-corrected chi connectivity index (χ4v) is 3.22. The smallest absolute Gasteiger partial charge is 0.262 e. The van der Waals surface area contributed by atoms with E-state index in [1.165, 1.54) is 25.8 Å². The first-order valence-electron chi connectivity index (χ1n) is 9.13. The van der Waals surface area contributed by atoms with E-state index in [9.17, 15) is 9.59 Å².